The first-order valence-electron chi connectivity index (χ1n) is 6.20. The monoisotopic (exact) mass is 334 g/mol. The molecule has 100 valence electrons. The molecule has 1 aromatic rings. The van der Waals surface area contributed by atoms with Crippen molar-refractivity contribution in [2.75, 3.05) is 11.2 Å². The average molecular weight is 336 g/mol. The van der Waals surface area contributed by atoms with E-state index in [-0.39, 0.29) is 11.4 Å². The number of pyridine rings is 1. The molecule has 1 aliphatic rings. The highest BCUT2D eigenvalue weighted by Gasteiger charge is 2.34. The van der Waals surface area contributed by atoms with E-state index in [0.29, 0.717) is 16.2 Å². The summed E-state index contributed by atoms with van der Waals surface area (Å²) in [5, 5.41) is 3.22. The fraction of sp³-hybridized carbons (Fsp3) is 0.615. The van der Waals surface area contributed by atoms with Crippen LogP contribution < -0.4 is 5.32 Å². The van der Waals surface area contributed by atoms with Crippen LogP contribution in [0.1, 0.15) is 32.6 Å². The first-order chi connectivity index (χ1) is 8.54. The Labute approximate surface area is 120 Å². The molecule has 18 heavy (non-hydrogen) atoms. The predicted molar refractivity (Wildman–Crippen MR) is 76.6 cm³/mol. The van der Waals surface area contributed by atoms with E-state index in [1.54, 1.807) is 6.20 Å². The van der Waals surface area contributed by atoms with E-state index < -0.39 is 0 Å². The SMILES string of the molecule is CC1CCC(CCl)(Nc2ncc(Br)cc2F)CC1. The van der Waals surface area contributed by atoms with Crippen molar-refractivity contribution >= 4 is 33.3 Å². The Morgan fingerprint density at radius 2 is 2.22 bits per heavy atom. The molecule has 5 heteroatoms. The Morgan fingerprint density at radius 3 is 2.78 bits per heavy atom. The molecule has 0 saturated heterocycles. The zero-order valence-electron chi connectivity index (χ0n) is 10.3. The lowest BCUT2D eigenvalue weighted by Gasteiger charge is -2.39. The summed E-state index contributed by atoms with van der Waals surface area (Å²) in [6.45, 7) is 2.25. The first kappa shape index (κ1) is 14.1. The average Bonchev–Trinajstić information content (AvgIpc) is 2.36. The molecule has 0 spiro atoms. The first-order valence-corrected chi connectivity index (χ1v) is 7.53. The third-order valence-electron chi connectivity index (χ3n) is 3.68. The van der Waals surface area contributed by atoms with Crippen LogP contribution in [0.4, 0.5) is 10.2 Å². The van der Waals surface area contributed by atoms with E-state index in [9.17, 15) is 4.39 Å². The van der Waals surface area contributed by atoms with Crippen molar-refractivity contribution < 1.29 is 4.39 Å². The molecule has 0 aromatic carbocycles. The van der Waals surface area contributed by atoms with Gasteiger partial charge in [-0.2, -0.15) is 0 Å². The number of nitrogens with zero attached hydrogens (tertiary/aromatic N) is 1. The minimum Gasteiger partial charge on any atom is -0.361 e. The molecule has 1 heterocycles. The maximum atomic E-state index is 13.8. The van der Waals surface area contributed by atoms with Crippen molar-refractivity contribution in [1.29, 1.82) is 0 Å². The highest BCUT2D eigenvalue weighted by molar-refractivity contribution is 9.10. The molecule has 1 fully saturated rings. The highest BCUT2D eigenvalue weighted by Crippen LogP contribution is 2.35. The van der Waals surface area contributed by atoms with Gasteiger partial charge in [0.1, 0.15) is 0 Å². The van der Waals surface area contributed by atoms with Gasteiger partial charge in [-0.05, 0) is 53.6 Å². The van der Waals surface area contributed by atoms with Crippen molar-refractivity contribution in [3.63, 3.8) is 0 Å². The summed E-state index contributed by atoms with van der Waals surface area (Å²) in [4.78, 5) is 4.09. The van der Waals surface area contributed by atoms with Gasteiger partial charge in [0, 0.05) is 16.5 Å². The second-order valence-corrected chi connectivity index (χ2v) is 6.39. The lowest BCUT2D eigenvalue weighted by atomic mass is 9.78. The quantitative estimate of drug-likeness (QED) is 0.818. The van der Waals surface area contributed by atoms with Gasteiger partial charge < -0.3 is 5.32 Å². The van der Waals surface area contributed by atoms with Gasteiger partial charge in [-0.1, -0.05) is 6.92 Å². The number of rotatable bonds is 3. The standard InChI is InChI=1S/C13H17BrClFN2/c1-9-2-4-13(8-15,5-3-9)18-12-11(16)6-10(14)7-17-12/h6-7,9H,2-5,8H2,1H3,(H,17,18). The molecule has 0 atom stereocenters. The zero-order valence-corrected chi connectivity index (χ0v) is 12.7. The molecule has 0 radical (unpaired) electrons. The van der Waals surface area contributed by atoms with E-state index in [1.807, 2.05) is 0 Å². The van der Waals surface area contributed by atoms with Gasteiger partial charge in [-0.3, -0.25) is 0 Å². The van der Waals surface area contributed by atoms with Crippen LogP contribution in [-0.4, -0.2) is 16.4 Å². The molecule has 1 aliphatic carbocycles. The van der Waals surface area contributed by atoms with Crippen molar-refractivity contribution in [2.45, 2.75) is 38.1 Å². The maximum Gasteiger partial charge on any atom is 0.166 e. The molecule has 0 bridgehead atoms. The summed E-state index contributed by atoms with van der Waals surface area (Å²) in [7, 11) is 0. The normalized spacial score (nSPS) is 28.1. The van der Waals surface area contributed by atoms with Crippen LogP contribution in [0, 0.1) is 11.7 Å². The Hall–Kier alpha value is -0.350. The highest BCUT2D eigenvalue weighted by atomic mass is 79.9. The summed E-state index contributed by atoms with van der Waals surface area (Å²) in [6.07, 6.45) is 5.78. The molecule has 1 saturated carbocycles. The van der Waals surface area contributed by atoms with E-state index >= 15 is 0 Å². The molecule has 1 aromatic heterocycles. The van der Waals surface area contributed by atoms with Gasteiger partial charge in [0.15, 0.2) is 11.6 Å². The van der Waals surface area contributed by atoms with Crippen LogP contribution in [0.2, 0.25) is 0 Å². The third kappa shape index (κ3) is 3.15. The summed E-state index contributed by atoms with van der Waals surface area (Å²) in [5.41, 5.74) is -0.213. The van der Waals surface area contributed by atoms with Crippen LogP contribution in [0.3, 0.4) is 0 Å². The fourth-order valence-electron chi connectivity index (χ4n) is 2.36. The lowest BCUT2D eigenvalue weighted by Crippen LogP contribution is -2.44. The minimum absolute atomic E-state index is 0.213. The van der Waals surface area contributed by atoms with Gasteiger partial charge >= 0.3 is 0 Å². The molecule has 1 N–H and O–H groups in total. The van der Waals surface area contributed by atoms with Gasteiger partial charge in [-0.15, -0.1) is 11.6 Å². The van der Waals surface area contributed by atoms with Crippen LogP contribution in [0.5, 0.6) is 0 Å². The number of anilines is 1. The summed E-state index contributed by atoms with van der Waals surface area (Å²) in [5.74, 6) is 1.17. The summed E-state index contributed by atoms with van der Waals surface area (Å²) < 4.78 is 14.4. The van der Waals surface area contributed by atoms with Gasteiger partial charge in [0.2, 0.25) is 0 Å². The molecule has 0 aliphatic heterocycles. The van der Waals surface area contributed by atoms with Crippen LogP contribution in [-0.2, 0) is 0 Å². The number of hydrogen-bond acceptors (Lipinski definition) is 2. The molecule has 2 rings (SSSR count). The second kappa shape index (κ2) is 5.74. The van der Waals surface area contributed by atoms with Crippen LogP contribution in [0.15, 0.2) is 16.7 Å². The minimum atomic E-state index is -0.340. The van der Waals surface area contributed by atoms with E-state index in [0.717, 1.165) is 31.6 Å². The molecule has 0 amide bonds. The topological polar surface area (TPSA) is 24.9 Å². The van der Waals surface area contributed by atoms with Crippen LogP contribution >= 0.6 is 27.5 Å². The smallest absolute Gasteiger partial charge is 0.166 e. The van der Waals surface area contributed by atoms with Crippen molar-refractivity contribution in [2.24, 2.45) is 5.92 Å². The largest absolute Gasteiger partial charge is 0.361 e. The summed E-state index contributed by atoms with van der Waals surface area (Å²) in [6, 6.07) is 1.42. The van der Waals surface area contributed by atoms with Crippen molar-refractivity contribution in [3.05, 3.63) is 22.6 Å². The molecule has 0 unspecified atom stereocenters. The maximum absolute atomic E-state index is 13.8. The fourth-order valence-corrected chi connectivity index (χ4v) is 3.00. The Bertz CT molecular complexity index is 419. The molecule has 2 nitrogen and oxygen atoms in total. The predicted octanol–water partition coefficient (Wildman–Crippen LogP) is 4.58. The lowest BCUT2D eigenvalue weighted by molar-refractivity contribution is 0.285. The van der Waals surface area contributed by atoms with E-state index in [4.69, 9.17) is 11.6 Å². The summed E-state index contributed by atoms with van der Waals surface area (Å²) >= 11 is 9.30. The molecular formula is C13H17BrClFN2. The number of alkyl halides is 1. The Morgan fingerprint density at radius 1 is 1.56 bits per heavy atom. The third-order valence-corrected chi connectivity index (χ3v) is 4.62. The number of hydrogen-bond donors (Lipinski definition) is 1. The van der Waals surface area contributed by atoms with Gasteiger partial charge in [-0.25, -0.2) is 9.37 Å². The second-order valence-electron chi connectivity index (χ2n) is 5.21. The van der Waals surface area contributed by atoms with E-state index in [2.05, 4.69) is 33.2 Å². The van der Waals surface area contributed by atoms with Crippen molar-refractivity contribution in [3.8, 4) is 0 Å². The zero-order chi connectivity index (χ0) is 13.2. The Balaban J connectivity index is 2.15. The molecular weight excluding hydrogens is 319 g/mol. The number of nitrogens with one attached hydrogen (secondary N) is 1. The number of halogens is 3. The van der Waals surface area contributed by atoms with Gasteiger partial charge in [0.25, 0.3) is 0 Å². The van der Waals surface area contributed by atoms with Crippen LogP contribution in [0.25, 0.3) is 0 Å². The van der Waals surface area contributed by atoms with Gasteiger partial charge in [0.05, 0.1) is 5.54 Å². The number of aromatic nitrogens is 1. The Kier molecular flexibility index (Phi) is 4.49. The van der Waals surface area contributed by atoms with Crippen molar-refractivity contribution in [1.82, 2.24) is 4.98 Å². The van der Waals surface area contributed by atoms with E-state index in [1.165, 1.54) is 6.07 Å².